The van der Waals surface area contributed by atoms with E-state index in [1.54, 1.807) is 6.08 Å². The van der Waals surface area contributed by atoms with Crippen LogP contribution in [-0.2, 0) is 10.3 Å². The van der Waals surface area contributed by atoms with E-state index in [1.165, 1.54) is 19.1 Å². The molecule has 0 aliphatic heterocycles. The third-order valence-electron chi connectivity index (χ3n) is 2.27. The Bertz CT molecular complexity index is 391. The van der Waals surface area contributed by atoms with Crippen molar-refractivity contribution in [1.29, 1.82) is 0 Å². The van der Waals surface area contributed by atoms with Crippen LogP contribution < -0.4 is 5.32 Å². The molecule has 86 valence electrons. The van der Waals surface area contributed by atoms with Gasteiger partial charge in [0.1, 0.15) is 5.82 Å². The zero-order valence-electron chi connectivity index (χ0n) is 8.90. The first-order chi connectivity index (χ1) is 7.50. The van der Waals surface area contributed by atoms with Gasteiger partial charge in [-0.1, -0.05) is 6.08 Å². The summed E-state index contributed by atoms with van der Waals surface area (Å²) in [6.45, 7) is 5.29. The molecule has 1 atom stereocenters. The smallest absolute Gasteiger partial charge is 0.329 e. The Hall–Kier alpha value is -1.75. The number of carboxylic acids is 1. The lowest BCUT2D eigenvalue weighted by atomic mass is 9.97. The summed E-state index contributed by atoms with van der Waals surface area (Å²) in [6, 6.07) is 2.53. The maximum atomic E-state index is 12.7. The minimum Gasteiger partial charge on any atom is -0.480 e. The zero-order valence-corrected chi connectivity index (χ0v) is 8.90. The second-order valence-corrected chi connectivity index (χ2v) is 3.46. The standard InChI is InChI=1S/C11H13FN2O2/c1-3-6-14-11(2,10(15)16)9-5-4-8(12)7-13-9/h3-5,7,14H,1,6H2,2H3,(H,15,16). The number of aliphatic carboxylic acids is 1. The third-order valence-corrected chi connectivity index (χ3v) is 2.27. The van der Waals surface area contributed by atoms with Crippen LogP contribution in [0, 0.1) is 5.82 Å². The number of carboxylic acid groups (broad SMARTS) is 1. The van der Waals surface area contributed by atoms with Crippen LogP contribution in [0.4, 0.5) is 4.39 Å². The zero-order chi connectivity index (χ0) is 12.2. The van der Waals surface area contributed by atoms with Crippen LogP contribution in [0.1, 0.15) is 12.6 Å². The second kappa shape index (κ2) is 4.85. The maximum absolute atomic E-state index is 12.7. The molecule has 0 saturated heterocycles. The number of nitrogens with zero attached hydrogens (tertiary/aromatic N) is 1. The van der Waals surface area contributed by atoms with Gasteiger partial charge in [-0.2, -0.15) is 0 Å². The maximum Gasteiger partial charge on any atom is 0.329 e. The van der Waals surface area contributed by atoms with Gasteiger partial charge in [0.2, 0.25) is 0 Å². The molecule has 0 aliphatic rings. The van der Waals surface area contributed by atoms with Crippen LogP contribution >= 0.6 is 0 Å². The van der Waals surface area contributed by atoms with Crippen molar-refractivity contribution in [1.82, 2.24) is 10.3 Å². The molecule has 5 heteroatoms. The predicted molar refractivity (Wildman–Crippen MR) is 57.4 cm³/mol. The van der Waals surface area contributed by atoms with Crippen LogP contribution in [0.25, 0.3) is 0 Å². The molecule has 1 heterocycles. The summed E-state index contributed by atoms with van der Waals surface area (Å²) < 4.78 is 12.7. The molecule has 16 heavy (non-hydrogen) atoms. The lowest BCUT2D eigenvalue weighted by Gasteiger charge is -2.24. The second-order valence-electron chi connectivity index (χ2n) is 3.46. The summed E-state index contributed by atoms with van der Waals surface area (Å²) in [5.41, 5.74) is -1.09. The van der Waals surface area contributed by atoms with Gasteiger partial charge in [-0.25, -0.2) is 9.18 Å². The monoisotopic (exact) mass is 224 g/mol. The molecule has 4 nitrogen and oxygen atoms in total. The highest BCUT2D eigenvalue weighted by Crippen LogP contribution is 2.18. The molecule has 0 bridgehead atoms. The first-order valence-corrected chi connectivity index (χ1v) is 4.72. The van der Waals surface area contributed by atoms with Crippen LogP contribution in [-0.4, -0.2) is 22.6 Å². The molecule has 0 spiro atoms. The normalized spacial score (nSPS) is 14.1. The minimum atomic E-state index is -1.35. The number of rotatable bonds is 5. The van der Waals surface area contributed by atoms with Gasteiger partial charge in [0.15, 0.2) is 5.54 Å². The van der Waals surface area contributed by atoms with Gasteiger partial charge in [-0.05, 0) is 19.1 Å². The molecule has 1 rings (SSSR count). The van der Waals surface area contributed by atoms with E-state index in [2.05, 4.69) is 16.9 Å². The van der Waals surface area contributed by atoms with Crippen molar-refractivity contribution in [2.75, 3.05) is 6.54 Å². The van der Waals surface area contributed by atoms with E-state index in [1.807, 2.05) is 0 Å². The summed E-state index contributed by atoms with van der Waals surface area (Å²) in [7, 11) is 0. The summed E-state index contributed by atoms with van der Waals surface area (Å²) in [6.07, 6.45) is 2.54. The van der Waals surface area contributed by atoms with Crippen molar-refractivity contribution in [3.8, 4) is 0 Å². The molecule has 0 fully saturated rings. The molecule has 1 aromatic rings. The Labute approximate surface area is 92.8 Å². The van der Waals surface area contributed by atoms with Gasteiger partial charge in [-0.3, -0.25) is 10.3 Å². The lowest BCUT2D eigenvalue weighted by molar-refractivity contribution is -0.144. The fourth-order valence-corrected chi connectivity index (χ4v) is 1.22. The molecular weight excluding hydrogens is 211 g/mol. The number of hydrogen-bond donors (Lipinski definition) is 2. The fraction of sp³-hybridized carbons (Fsp3) is 0.273. The van der Waals surface area contributed by atoms with Gasteiger partial charge in [0, 0.05) is 6.54 Å². The van der Waals surface area contributed by atoms with Crippen molar-refractivity contribution in [2.24, 2.45) is 0 Å². The molecule has 0 aromatic carbocycles. The van der Waals surface area contributed by atoms with Crippen molar-refractivity contribution in [3.05, 3.63) is 42.5 Å². The van der Waals surface area contributed by atoms with E-state index in [4.69, 9.17) is 5.11 Å². The molecule has 0 radical (unpaired) electrons. The van der Waals surface area contributed by atoms with Crippen molar-refractivity contribution < 1.29 is 14.3 Å². The fourth-order valence-electron chi connectivity index (χ4n) is 1.22. The van der Waals surface area contributed by atoms with Gasteiger partial charge < -0.3 is 5.11 Å². The van der Waals surface area contributed by atoms with E-state index in [0.717, 1.165) is 6.20 Å². The van der Waals surface area contributed by atoms with Crippen molar-refractivity contribution >= 4 is 5.97 Å². The van der Waals surface area contributed by atoms with Gasteiger partial charge in [0.05, 0.1) is 11.9 Å². The Morgan fingerprint density at radius 3 is 2.88 bits per heavy atom. The van der Waals surface area contributed by atoms with E-state index >= 15 is 0 Å². The van der Waals surface area contributed by atoms with Crippen LogP contribution in [0.3, 0.4) is 0 Å². The Morgan fingerprint density at radius 2 is 2.44 bits per heavy atom. The summed E-state index contributed by atoms with van der Waals surface area (Å²) in [4.78, 5) is 15.0. The number of aromatic nitrogens is 1. The largest absolute Gasteiger partial charge is 0.480 e. The van der Waals surface area contributed by atoms with Gasteiger partial charge >= 0.3 is 5.97 Å². The first kappa shape index (κ1) is 12.3. The molecule has 0 amide bonds. The Balaban J connectivity index is 3.05. The topological polar surface area (TPSA) is 62.2 Å². The SMILES string of the molecule is C=CCNC(C)(C(=O)O)c1ccc(F)cn1. The van der Waals surface area contributed by atoms with Crippen LogP contribution in [0.2, 0.25) is 0 Å². The van der Waals surface area contributed by atoms with Gasteiger partial charge in [0.25, 0.3) is 0 Å². The molecule has 1 unspecified atom stereocenters. The van der Waals surface area contributed by atoms with Crippen molar-refractivity contribution in [2.45, 2.75) is 12.5 Å². The van der Waals surface area contributed by atoms with Crippen LogP contribution in [0.15, 0.2) is 31.0 Å². The molecular formula is C11H13FN2O2. The van der Waals surface area contributed by atoms with Gasteiger partial charge in [-0.15, -0.1) is 6.58 Å². The van der Waals surface area contributed by atoms with E-state index in [9.17, 15) is 9.18 Å². The number of carbonyl (C=O) groups is 1. The molecule has 2 N–H and O–H groups in total. The average Bonchev–Trinajstić information content (AvgIpc) is 2.26. The molecule has 0 saturated carbocycles. The number of halogens is 1. The number of nitrogens with one attached hydrogen (secondary N) is 1. The predicted octanol–water partition coefficient (Wildman–Crippen LogP) is 1.30. The van der Waals surface area contributed by atoms with E-state index in [0.29, 0.717) is 6.54 Å². The molecule has 0 aliphatic carbocycles. The van der Waals surface area contributed by atoms with Crippen LogP contribution in [0.5, 0.6) is 0 Å². The first-order valence-electron chi connectivity index (χ1n) is 4.72. The Morgan fingerprint density at radius 1 is 1.75 bits per heavy atom. The van der Waals surface area contributed by atoms with E-state index < -0.39 is 17.3 Å². The highest BCUT2D eigenvalue weighted by atomic mass is 19.1. The minimum absolute atomic E-state index is 0.253. The number of pyridine rings is 1. The highest BCUT2D eigenvalue weighted by molar-refractivity contribution is 5.79. The quantitative estimate of drug-likeness (QED) is 0.740. The average molecular weight is 224 g/mol. The molecule has 1 aromatic heterocycles. The lowest BCUT2D eigenvalue weighted by Crippen LogP contribution is -2.47. The third kappa shape index (κ3) is 2.43. The summed E-state index contributed by atoms with van der Waals surface area (Å²) >= 11 is 0. The Kier molecular flexibility index (Phi) is 3.73. The summed E-state index contributed by atoms with van der Waals surface area (Å²) in [5, 5.41) is 11.9. The van der Waals surface area contributed by atoms with E-state index in [-0.39, 0.29) is 5.69 Å². The number of hydrogen-bond acceptors (Lipinski definition) is 3. The highest BCUT2D eigenvalue weighted by Gasteiger charge is 2.35. The van der Waals surface area contributed by atoms with Crippen molar-refractivity contribution in [3.63, 3.8) is 0 Å². The summed E-state index contributed by atoms with van der Waals surface area (Å²) in [5.74, 6) is -1.58.